The summed E-state index contributed by atoms with van der Waals surface area (Å²) >= 11 is 0. The van der Waals surface area contributed by atoms with Crippen LogP contribution in [0.1, 0.15) is 120 Å². The fraction of sp³-hybridized carbons (Fsp3) is 0.938. The average Bonchev–Trinajstić information content (AvgIpc) is 3.06. The second-order valence-corrected chi connectivity index (χ2v) is 20.9. The highest BCUT2D eigenvalue weighted by atomic mass is 28.4. The van der Waals surface area contributed by atoms with Gasteiger partial charge in [-0.05, 0) is 116 Å². The molecule has 7 atom stereocenters. The third-order valence-corrected chi connectivity index (χ3v) is 16.2. The first-order valence-electron chi connectivity index (χ1n) is 15.1. The molecule has 2 nitrogen and oxygen atoms in total. The van der Waals surface area contributed by atoms with Crippen LogP contribution in [0.5, 0.6) is 0 Å². The molecule has 0 aromatic carbocycles. The third-order valence-electron chi connectivity index (χ3n) is 11.6. The molecule has 0 saturated heterocycles. The van der Waals surface area contributed by atoms with Gasteiger partial charge in [-0.1, -0.05) is 67.0 Å². The number of hydrogen-bond donors (Lipinski definition) is 0. The standard InChI is InChI=1S/C32H58O2Si/c1-29(2,3)18-11-21-33-28-15-14-26-25-13-12-23-22-24(34-35(9,10)30(4,5)6)16-19-31(23,7)27(25)17-20-32(26,28)8/h12,24-28H,11,13-22H2,1-10H3/t24-,25-,26-,27-,28-,31-,32-/m0/s1. The van der Waals surface area contributed by atoms with Gasteiger partial charge in [0.05, 0.1) is 6.10 Å². The number of rotatable bonds is 6. The molecule has 4 aliphatic carbocycles. The Balaban J connectivity index is 1.41. The van der Waals surface area contributed by atoms with E-state index in [-0.39, 0.29) is 0 Å². The topological polar surface area (TPSA) is 18.5 Å². The van der Waals surface area contributed by atoms with E-state index in [0.29, 0.717) is 33.5 Å². The van der Waals surface area contributed by atoms with Crippen molar-refractivity contribution < 1.29 is 9.16 Å². The Morgan fingerprint density at radius 3 is 2.31 bits per heavy atom. The molecule has 0 aliphatic heterocycles. The van der Waals surface area contributed by atoms with Gasteiger partial charge < -0.3 is 9.16 Å². The fourth-order valence-corrected chi connectivity index (χ4v) is 9.76. The summed E-state index contributed by atoms with van der Waals surface area (Å²) in [4.78, 5) is 0. The van der Waals surface area contributed by atoms with Gasteiger partial charge in [0.15, 0.2) is 8.32 Å². The van der Waals surface area contributed by atoms with Gasteiger partial charge in [-0.15, -0.1) is 0 Å². The molecule has 0 N–H and O–H groups in total. The van der Waals surface area contributed by atoms with Crippen LogP contribution in [0.25, 0.3) is 0 Å². The van der Waals surface area contributed by atoms with Crippen molar-refractivity contribution in [3.05, 3.63) is 11.6 Å². The third kappa shape index (κ3) is 5.40. The predicted molar refractivity (Wildman–Crippen MR) is 152 cm³/mol. The minimum Gasteiger partial charge on any atom is -0.414 e. The lowest BCUT2D eigenvalue weighted by Crippen LogP contribution is -2.52. The minimum atomic E-state index is -1.71. The molecule has 0 spiro atoms. The molecule has 0 bridgehead atoms. The van der Waals surface area contributed by atoms with Crippen molar-refractivity contribution in [1.82, 2.24) is 0 Å². The maximum absolute atomic E-state index is 6.92. The van der Waals surface area contributed by atoms with Crippen LogP contribution in [0.4, 0.5) is 0 Å². The molecule has 0 amide bonds. The molecule has 0 aromatic heterocycles. The zero-order chi connectivity index (χ0) is 25.9. The van der Waals surface area contributed by atoms with Gasteiger partial charge in [-0.3, -0.25) is 0 Å². The van der Waals surface area contributed by atoms with Gasteiger partial charge in [0, 0.05) is 12.7 Å². The zero-order valence-corrected chi connectivity index (χ0v) is 26.1. The molecule has 35 heavy (non-hydrogen) atoms. The Bertz CT molecular complexity index is 786. The van der Waals surface area contributed by atoms with E-state index in [2.05, 4.69) is 74.6 Å². The van der Waals surface area contributed by atoms with Crippen LogP contribution in [0, 0.1) is 34.0 Å². The fourth-order valence-electron chi connectivity index (χ4n) is 8.38. The van der Waals surface area contributed by atoms with Crippen LogP contribution in [0.2, 0.25) is 18.1 Å². The number of ether oxygens (including phenoxy) is 1. The molecule has 0 aromatic rings. The van der Waals surface area contributed by atoms with E-state index in [1.807, 2.05) is 0 Å². The summed E-state index contributed by atoms with van der Waals surface area (Å²) < 4.78 is 13.6. The van der Waals surface area contributed by atoms with E-state index in [4.69, 9.17) is 9.16 Å². The quantitative estimate of drug-likeness (QED) is 0.204. The van der Waals surface area contributed by atoms with Crippen LogP contribution in [-0.2, 0) is 9.16 Å². The van der Waals surface area contributed by atoms with Crippen LogP contribution >= 0.6 is 0 Å². The second kappa shape index (κ2) is 9.56. The molecule has 3 heteroatoms. The first-order valence-corrected chi connectivity index (χ1v) is 18.0. The maximum atomic E-state index is 6.92. The predicted octanol–water partition coefficient (Wildman–Crippen LogP) is 9.55. The average molecular weight is 503 g/mol. The largest absolute Gasteiger partial charge is 0.414 e. The van der Waals surface area contributed by atoms with Crippen molar-refractivity contribution in [2.45, 2.75) is 150 Å². The minimum absolute atomic E-state index is 0.293. The summed E-state index contributed by atoms with van der Waals surface area (Å²) in [6.45, 7) is 25.2. The van der Waals surface area contributed by atoms with Gasteiger partial charge in [-0.2, -0.15) is 0 Å². The van der Waals surface area contributed by atoms with Crippen molar-refractivity contribution >= 4 is 8.32 Å². The Morgan fingerprint density at radius 1 is 0.943 bits per heavy atom. The van der Waals surface area contributed by atoms with Crippen molar-refractivity contribution in [3.8, 4) is 0 Å². The van der Waals surface area contributed by atoms with E-state index in [9.17, 15) is 0 Å². The van der Waals surface area contributed by atoms with Crippen LogP contribution in [0.3, 0.4) is 0 Å². The van der Waals surface area contributed by atoms with Crippen LogP contribution < -0.4 is 0 Å². The molecule has 0 unspecified atom stereocenters. The zero-order valence-electron chi connectivity index (χ0n) is 25.1. The Hall–Kier alpha value is -0.123. The highest BCUT2D eigenvalue weighted by Crippen LogP contribution is 2.65. The number of fused-ring (bicyclic) bond motifs is 5. The van der Waals surface area contributed by atoms with Crippen molar-refractivity contribution in [2.24, 2.45) is 34.0 Å². The Kier molecular flexibility index (Phi) is 7.62. The normalized spacial score (nSPS) is 40.1. The molecule has 3 saturated carbocycles. The van der Waals surface area contributed by atoms with Gasteiger partial charge in [0.25, 0.3) is 0 Å². The van der Waals surface area contributed by atoms with E-state index in [1.54, 1.807) is 5.57 Å². The lowest BCUT2D eigenvalue weighted by molar-refractivity contribution is -0.0938. The van der Waals surface area contributed by atoms with Gasteiger partial charge in [-0.25, -0.2) is 0 Å². The molecule has 3 fully saturated rings. The molecule has 202 valence electrons. The monoisotopic (exact) mass is 502 g/mol. The lowest BCUT2D eigenvalue weighted by atomic mass is 9.48. The van der Waals surface area contributed by atoms with Crippen LogP contribution in [0.15, 0.2) is 11.6 Å². The summed E-state index contributed by atoms with van der Waals surface area (Å²) in [5.41, 5.74) is 2.97. The number of hydrogen-bond acceptors (Lipinski definition) is 2. The Labute approximate surface area is 219 Å². The van der Waals surface area contributed by atoms with E-state index in [1.165, 1.54) is 64.2 Å². The molecular weight excluding hydrogens is 444 g/mol. The highest BCUT2D eigenvalue weighted by Gasteiger charge is 2.59. The van der Waals surface area contributed by atoms with Crippen LogP contribution in [-0.4, -0.2) is 27.1 Å². The van der Waals surface area contributed by atoms with E-state index >= 15 is 0 Å². The molecular formula is C32H58O2Si. The molecule has 4 aliphatic rings. The summed E-state index contributed by atoms with van der Waals surface area (Å²) in [5, 5.41) is 0.293. The SMILES string of the molecule is CC(C)(C)CCCO[C@H]1CC[C@H]2[C@@H]3CC=C4C[C@@H](O[Si](C)(C)C(C)(C)C)CC[C@]4(C)[C@H]3CC[C@]12C. The van der Waals surface area contributed by atoms with Gasteiger partial charge in [0.1, 0.15) is 0 Å². The van der Waals surface area contributed by atoms with Crippen molar-refractivity contribution in [2.75, 3.05) is 6.61 Å². The van der Waals surface area contributed by atoms with E-state index < -0.39 is 8.32 Å². The lowest BCUT2D eigenvalue weighted by Gasteiger charge is -2.58. The summed E-state index contributed by atoms with van der Waals surface area (Å²) in [7, 11) is -1.71. The highest BCUT2D eigenvalue weighted by molar-refractivity contribution is 6.74. The van der Waals surface area contributed by atoms with Gasteiger partial charge in [0.2, 0.25) is 0 Å². The summed E-state index contributed by atoms with van der Waals surface area (Å²) in [6.07, 6.45) is 16.6. The smallest absolute Gasteiger partial charge is 0.192 e. The summed E-state index contributed by atoms with van der Waals surface area (Å²) in [5.74, 6) is 2.59. The summed E-state index contributed by atoms with van der Waals surface area (Å²) in [6, 6.07) is 0. The van der Waals surface area contributed by atoms with E-state index in [0.717, 1.165) is 24.4 Å². The second-order valence-electron chi connectivity index (χ2n) is 16.1. The van der Waals surface area contributed by atoms with Gasteiger partial charge >= 0.3 is 0 Å². The Morgan fingerprint density at radius 2 is 1.66 bits per heavy atom. The maximum Gasteiger partial charge on any atom is 0.192 e. The first kappa shape index (κ1) is 27.9. The molecule has 0 radical (unpaired) electrons. The van der Waals surface area contributed by atoms with Crippen molar-refractivity contribution in [3.63, 3.8) is 0 Å². The first-order chi connectivity index (χ1) is 16.1. The molecule has 4 rings (SSSR count). The number of allylic oxidation sites excluding steroid dienone is 1. The van der Waals surface area contributed by atoms with Crippen molar-refractivity contribution in [1.29, 1.82) is 0 Å². The molecule has 0 heterocycles.